The summed E-state index contributed by atoms with van der Waals surface area (Å²) in [6.07, 6.45) is 2.25. The summed E-state index contributed by atoms with van der Waals surface area (Å²) in [4.78, 5) is 13.0. The Labute approximate surface area is 106 Å². The number of nitrogens with zero attached hydrogens (tertiary/aromatic N) is 1. The monoisotopic (exact) mass is 251 g/mol. The van der Waals surface area contributed by atoms with E-state index in [0.717, 1.165) is 31.8 Å². The standard InChI is InChI=1S/C14H18FNO2/c1-10-5-7-16(8-6-10)9-11-3-2-4-12(13(11)15)14(17)18/h2-4,10H,5-9H2,1H3,(H,17,18). The van der Waals surface area contributed by atoms with Crippen molar-refractivity contribution in [1.82, 2.24) is 4.90 Å². The Kier molecular flexibility index (Phi) is 3.97. The summed E-state index contributed by atoms with van der Waals surface area (Å²) >= 11 is 0. The molecule has 1 saturated heterocycles. The lowest BCUT2D eigenvalue weighted by Gasteiger charge is -2.30. The van der Waals surface area contributed by atoms with Crippen molar-refractivity contribution in [3.8, 4) is 0 Å². The Balaban J connectivity index is 2.10. The third-order valence-electron chi connectivity index (χ3n) is 3.58. The Bertz CT molecular complexity index is 439. The zero-order valence-electron chi connectivity index (χ0n) is 10.5. The van der Waals surface area contributed by atoms with Gasteiger partial charge in [-0.05, 0) is 37.9 Å². The molecule has 0 unspecified atom stereocenters. The van der Waals surface area contributed by atoms with Gasteiger partial charge < -0.3 is 5.11 Å². The molecule has 0 amide bonds. The number of likely N-dealkylation sites (tertiary alicyclic amines) is 1. The molecule has 1 fully saturated rings. The highest BCUT2D eigenvalue weighted by atomic mass is 19.1. The summed E-state index contributed by atoms with van der Waals surface area (Å²) in [5.74, 6) is -1.07. The van der Waals surface area contributed by atoms with Crippen molar-refractivity contribution in [1.29, 1.82) is 0 Å². The fourth-order valence-electron chi connectivity index (χ4n) is 2.33. The molecule has 0 spiro atoms. The number of aromatic carboxylic acids is 1. The van der Waals surface area contributed by atoms with Crippen LogP contribution in [0.5, 0.6) is 0 Å². The van der Waals surface area contributed by atoms with Crippen LogP contribution in [0.25, 0.3) is 0 Å². The maximum atomic E-state index is 13.9. The quantitative estimate of drug-likeness (QED) is 0.898. The highest BCUT2D eigenvalue weighted by molar-refractivity contribution is 5.88. The van der Waals surface area contributed by atoms with E-state index in [2.05, 4.69) is 11.8 Å². The lowest BCUT2D eigenvalue weighted by atomic mass is 9.98. The number of carboxylic acid groups (broad SMARTS) is 1. The molecule has 4 heteroatoms. The van der Waals surface area contributed by atoms with Gasteiger partial charge in [0.05, 0.1) is 5.56 Å². The van der Waals surface area contributed by atoms with Crippen LogP contribution in [0, 0.1) is 11.7 Å². The van der Waals surface area contributed by atoms with Gasteiger partial charge in [0.15, 0.2) is 0 Å². The summed E-state index contributed by atoms with van der Waals surface area (Å²) in [5.41, 5.74) is 0.238. The number of halogens is 1. The molecule has 1 heterocycles. The third kappa shape index (κ3) is 2.88. The van der Waals surface area contributed by atoms with Crippen molar-refractivity contribution in [2.75, 3.05) is 13.1 Å². The van der Waals surface area contributed by atoms with E-state index in [1.807, 2.05) is 0 Å². The molecular weight excluding hydrogens is 233 g/mol. The first kappa shape index (κ1) is 13.0. The SMILES string of the molecule is CC1CCN(Cc2cccc(C(=O)O)c2F)CC1. The van der Waals surface area contributed by atoms with Crippen molar-refractivity contribution in [2.24, 2.45) is 5.92 Å². The molecule has 1 aliphatic rings. The molecule has 18 heavy (non-hydrogen) atoms. The number of rotatable bonds is 3. The average Bonchev–Trinajstić information content (AvgIpc) is 2.34. The lowest BCUT2D eigenvalue weighted by Crippen LogP contribution is -2.32. The fraction of sp³-hybridized carbons (Fsp3) is 0.500. The number of piperidine rings is 1. The zero-order valence-corrected chi connectivity index (χ0v) is 10.5. The molecule has 1 aromatic carbocycles. The molecule has 0 radical (unpaired) electrons. The first-order valence-electron chi connectivity index (χ1n) is 6.31. The summed E-state index contributed by atoms with van der Waals surface area (Å²) in [6, 6.07) is 4.58. The second-order valence-electron chi connectivity index (χ2n) is 5.04. The first-order chi connectivity index (χ1) is 8.58. The van der Waals surface area contributed by atoms with Crippen LogP contribution in [-0.2, 0) is 6.54 Å². The van der Waals surface area contributed by atoms with Crippen LogP contribution in [0.2, 0.25) is 0 Å². The van der Waals surface area contributed by atoms with Gasteiger partial charge in [0.1, 0.15) is 5.82 Å². The minimum absolute atomic E-state index is 0.238. The largest absolute Gasteiger partial charge is 0.478 e. The van der Waals surface area contributed by atoms with Crippen molar-refractivity contribution in [3.63, 3.8) is 0 Å². The van der Waals surface area contributed by atoms with Gasteiger partial charge in [-0.2, -0.15) is 0 Å². The van der Waals surface area contributed by atoms with Gasteiger partial charge in [0.25, 0.3) is 0 Å². The number of benzene rings is 1. The second kappa shape index (κ2) is 5.48. The normalized spacial score (nSPS) is 17.9. The minimum Gasteiger partial charge on any atom is -0.478 e. The van der Waals surface area contributed by atoms with Crippen LogP contribution in [0.15, 0.2) is 18.2 Å². The van der Waals surface area contributed by atoms with Crippen molar-refractivity contribution >= 4 is 5.97 Å². The molecule has 0 aromatic heterocycles. The highest BCUT2D eigenvalue weighted by Crippen LogP contribution is 2.20. The van der Waals surface area contributed by atoms with Crippen LogP contribution in [0.3, 0.4) is 0 Å². The van der Waals surface area contributed by atoms with Gasteiger partial charge in [-0.3, -0.25) is 4.90 Å². The Morgan fingerprint density at radius 2 is 2.11 bits per heavy atom. The molecule has 0 atom stereocenters. The van der Waals surface area contributed by atoms with Gasteiger partial charge >= 0.3 is 5.97 Å². The molecular formula is C14H18FNO2. The van der Waals surface area contributed by atoms with E-state index in [1.54, 1.807) is 12.1 Å². The van der Waals surface area contributed by atoms with Gasteiger partial charge in [-0.15, -0.1) is 0 Å². The second-order valence-corrected chi connectivity index (χ2v) is 5.04. The van der Waals surface area contributed by atoms with Gasteiger partial charge in [-0.25, -0.2) is 9.18 Å². The number of carboxylic acids is 1. The summed E-state index contributed by atoms with van der Waals surface area (Å²) in [5, 5.41) is 8.88. The van der Waals surface area contributed by atoms with Gasteiger partial charge in [-0.1, -0.05) is 19.1 Å². The summed E-state index contributed by atoms with van der Waals surface area (Å²) in [6.45, 7) is 4.64. The molecule has 1 N–H and O–H groups in total. The molecule has 98 valence electrons. The van der Waals surface area contributed by atoms with Gasteiger partial charge in [0.2, 0.25) is 0 Å². The van der Waals surface area contributed by atoms with Gasteiger partial charge in [0, 0.05) is 12.1 Å². The van der Waals surface area contributed by atoms with E-state index < -0.39 is 11.8 Å². The molecule has 1 aromatic rings. The maximum absolute atomic E-state index is 13.9. The predicted molar refractivity (Wildman–Crippen MR) is 67.0 cm³/mol. The number of carbonyl (C=O) groups is 1. The number of hydrogen-bond acceptors (Lipinski definition) is 2. The van der Waals surface area contributed by atoms with E-state index in [1.165, 1.54) is 6.07 Å². The Hall–Kier alpha value is -1.42. The van der Waals surface area contributed by atoms with E-state index in [0.29, 0.717) is 12.1 Å². The highest BCUT2D eigenvalue weighted by Gasteiger charge is 2.19. The average molecular weight is 251 g/mol. The Morgan fingerprint density at radius 3 is 2.72 bits per heavy atom. The molecule has 3 nitrogen and oxygen atoms in total. The van der Waals surface area contributed by atoms with Crippen LogP contribution in [-0.4, -0.2) is 29.1 Å². The van der Waals surface area contributed by atoms with Crippen molar-refractivity contribution < 1.29 is 14.3 Å². The molecule has 0 aliphatic carbocycles. The molecule has 1 aliphatic heterocycles. The number of hydrogen-bond donors (Lipinski definition) is 1. The van der Waals surface area contributed by atoms with E-state index in [4.69, 9.17) is 5.11 Å². The fourth-order valence-corrected chi connectivity index (χ4v) is 2.33. The van der Waals surface area contributed by atoms with Crippen LogP contribution in [0.4, 0.5) is 4.39 Å². The van der Waals surface area contributed by atoms with Crippen molar-refractivity contribution in [3.05, 3.63) is 35.1 Å². The lowest BCUT2D eigenvalue weighted by molar-refractivity contribution is 0.0691. The zero-order chi connectivity index (χ0) is 13.1. The molecule has 0 saturated carbocycles. The summed E-state index contributed by atoms with van der Waals surface area (Å²) < 4.78 is 13.9. The van der Waals surface area contributed by atoms with E-state index in [9.17, 15) is 9.18 Å². The smallest absolute Gasteiger partial charge is 0.338 e. The van der Waals surface area contributed by atoms with Crippen LogP contribution >= 0.6 is 0 Å². The molecule has 0 bridgehead atoms. The maximum Gasteiger partial charge on any atom is 0.338 e. The Morgan fingerprint density at radius 1 is 1.44 bits per heavy atom. The van der Waals surface area contributed by atoms with E-state index in [-0.39, 0.29) is 5.56 Å². The topological polar surface area (TPSA) is 40.5 Å². The molecule has 2 rings (SSSR count). The third-order valence-corrected chi connectivity index (χ3v) is 3.58. The summed E-state index contributed by atoms with van der Waals surface area (Å²) in [7, 11) is 0. The predicted octanol–water partition coefficient (Wildman–Crippen LogP) is 2.76. The van der Waals surface area contributed by atoms with Crippen LogP contribution < -0.4 is 0 Å². The van der Waals surface area contributed by atoms with E-state index >= 15 is 0 Å². The minimum atomic E-state index is -1.21. The first-order valence-corrected chi connectivity index (χ1v) is 6.31. The van der Waals surface area contributed by atoms with Crippen molar-refractivity contribution in [2.45, 2.75) is 26.3 Å². The van der Waals surface area contributed by atoms with Crippen LogP contribution in [0.1, 0.15) is 35.7 Å².